The molecule has 0 unspecified atom stereocenters. The van der Waals surface area contributed by atoms with Crippen molar-refractivity contribution < 1.29 is 4.79 Å². The van der Waals surface area contributed by atoms with Crippen molar-refractivity contribution >= 4 is 34.1 Å². The zero-order valence-electron chi connectivity index (χ0n) is 16.4. The normalized spacial score (nSPS) is 11.4. The lowest BCUT2D eigenvalue weighted by Gasteiger charge is -2.18. The summed E-state index contributed by atoms with van der Waals surface area (Å²) in [5, 5.41) is 11.6. The van der Waals surface area contributed by atoms with E-state index in [9.17, 15) is 4.79 Å². The Kier molecular flexibility index (Phi) is 6.86. The van der Waals surface area contributed by atoms with Gasteiger partial charge in [0.2, 0.25) is 5.13 Å². The van der Waals surface area contributed by atoms with Gasteiger partial charge >= 0.3 is 0 Å². The summed E-state index contributed by atoms with van der Waals surface area (Å²) < 4.78 is 0.881. The van der Waals surface area contributed by atoms with Crippen molar-refractivity contribution in [3.63, 3.8) is 0 Å². The third-order valence-electron chi connectivity index (χ3n) is 4.32. The number of amides is 1. The van der Waals surface area contributed by atoms with Gasteiger partial charge in [-0.15, -0.1) is 10.2 Å². The van der Waals surface area contributed by atoms with E-state index in [0.717, 1.165) is 22.9 Å². The molecule has 0 aliphatic heterocycles. The average molecular weight is 412 g/mol. The van der Waals surface area contributed by atoms with Gasteiger partial charge in [0, 0.05) is 11.3 Å². The largest absolute Gasteiger partial charge is 0.296 e. The molecule has 0 aliphatic carbocycles. The van der Waals surface area contributed by atoms with Crippen LogP contribution in [0, 0.1) is 0 Å². The predicted molar refractivity (Wildman–Crippen MR) is 118 cm³/mol. The van der Waals surface area contributed by atoms with Gasteiger partial charge in [-0.05, 0) is 41.5 Å². The number of carbonyl (C=O) groups excluding carboxylic acids is 1. The second-order valence-electron chi connectivity index (χ2n) is 7.59. The second kappa shape index (κ2) is 9.34. The summed E-state index contributed by atoms with van der Waals surface area (Å²) in [6.45, 7) is 6.47. The lowest BCUT2D eigenvalue weighted by molar-refractivity contribution is 0.102. The zero-order valence-corrected chi connectivity index (χ0v) is 18.1. The van der Waals surface area contributed by atoms with Crippen LogP contribution in [0.3, 0.4) is 0 Å². The van der Waals surface area contributed by atoms with Gasteiger partial charge in [-0.3, -0.25) is 10.1 Å². The number of nitrogens with one attached hydrogen (secondary N) is 1. The Morgan fingerprint density at radius 1 is 1.04 bits per heavy atom. The Morgan fingerprint density at radius 2 is 1.75 bits per heavy atom. The Morgan fingerprint density at radius 3 is 2.43 bits per heavy atom. The highest BCUT2D eigenvalue weighted by molar-refractivity contribution is 8.01. The molecule has 2 aromatic carbocycles. The molecule has 28 heavy (non-hydrogen) atoms. The third kappa shape index (κ3) is 5.91. The first-order valence-electron chi connectivity index (χ1n) is 9.34. The molecule has 0 saturated carbocycles. The molecule has 146 valence electrons. The number of carbonyl (C=O) groups is 1. The molecule has 4 nitrogen and oxygen atoms in total. The van der Waals surface area contributed by atoms with Crippen molar-refractivity contribution in [1.82, 2.24) is 10.2 Å². The van der Waals surface area contributed by atoms with Crippen LogP contribution < -0.4 is 5.32 Å². The summed E-state index contributed by atoms with van der Waals surface area (Å²) in [6.07, 6.45) is 2.14. The molecule has 3 rings (SSSR count). The van der Waals surface area contributed by atoms with Gasteiger partial charge in [0.15, 0.2) is 4.34 Å². The first-order chi connectivity index (χ1) is 13.4. The van der Waals surface area contributed by atoms with E-state index >= 15 is 0 Å². The highest BCUT2D eigenvalue weighted by Gasteiger charge is 2.15. The van der Waals surface area contributed by atoms with E-state index in [1.54, 1.807) is 11.8 Å². The topological polar surface area (TPSA) is 54.9 Å². The molecule has 6 heteroatoms. The van der Waals surface area contributed by atoms with Gasteiger partial charge in [0.25, 0.3) is 5.91 Å². The summed E-state index contributed by atoms with van der Waals surface area (Å²) >= 11 is 3.10. The Labute approximate surface area is 174 Å². The van der Waals surface area contributed by atoms with Crippen molar-refractivity contribution in [2.24, 2.45) is 0 Å². The van der Waals surface area contributed by atoms with Gasteiger partial charge in [0.1, 0.15) is 0 Å². The van der Waals surface area contributed by atoms with Crippen molar-refractivity contribution in [3.8, 4) is 0 Å². The van der Waals surface area contributed by atoms with E-state index in [1.165, 1.54) is 22.5 Å². The van der Waals surface area contributed by atoms with Crippen LogP contribution in [0.15, 0.2) is 58.9 Å². The van der Waals surface area contributed by atoms with Gasteiger partial charge in [-0.2, -0.15) is 0 Å². The second-order valence-corrected chi connectivity index (χ2v) is 9.91. The molecule has 1 N–H and O–H groups in total. The fourth-order valence-corrected chi connectivity index (χ4v) is 4.45. The van der Waals surface area contributed by atoms with E-state index in [4.69, 9.17) is 0 Å². The number of rotatable bonds is 7. The minimum Gasteiger partial charge on any atom is -0.296 e. The molecule has 1 aromatic heterocycles. The fraction of sp³-hybridized carbons (Fsp3) is 0.318. The number of nitrogens with zero attached hydrogens (tertiary/aromatic N) is 2. The van der Waals surface area contributed by atoms with Crippen molar-refractivity contribution in [2.45, 2.75) is 43.4 Å². The first kappa shape index (κ1) is 20.6. The number of benzene rings is 2. The molecule has 0 spiro atoms. The summed E-state index contributed by atoms with van der Waals surface area (Å²) in [5.74, 6) is 0.823. The maximum atomic E-state index is 12.4. The van der Waals surface area contributed by atoms with Crippen LogP contribution in [0.25, 0.3) is 0 Å². The van der Waals surface area contributed by atoms with Crippen molar-refractivity contribution in [3.05, 3.63) is 71.3 Å². The highest BCUT2D eigenvalue weighted by Crippen LogP contribution is 2.27. The van der Waals surface area contributed by atoms with E-state index in [1.807, 2.05) is 30.3 Å². The lowest BCUT2D eigenvalue weighted by Crippen LogP contribution is -2.14. The minimum absolute atomic E-state index is 0.0703. The molecular formula is C22H25N3OS2. The number of aryl methyl sites for hydroxylation is 1. The van der Waals surface area contributed by atoms with Crippen LogP contribution in [0.5, 0.6) is 0 Å². The SMILES string of the molecule is CC(C)(C)c1ccc(C(=O)Nc2nnc(SCCCc3ccccc3)s2)cc1. The fourth-order valence-electron chi connectivity index (χ4n) is 2.69. The summed E-state index contributed by atoms with van der Waals surface area (Å²) in [5.41, 5.74) is 3.25. The third-order valence-corrected chi connectivity index (χ3v) is 6.38. The summed E-state index contributed by atoms with van der Waals surface area (Å²) in [4.78, 5) is 12.4. The van der Waals surface area contributed by atoms with Crippen LogP contribution in [0.4, 0.5) is 5.13 Å². The van der Waals surface area contributed by atoms with Crippen molar-refractivity contribution in [2.75, 3.05) is 11.1 Å². The van der Waals surface area contributed by atoms with Crippen LogP contribution in [0.2, 0.25) is 0 Å². The molecule has 3 aromatic rings. The number of aromatic nitrogens is 2. The molecule has 0 saturated heterocycles. The zero-order chi connectivity index (χ0) is 20.0. The van der Waals surface area contributed by atoms with E-state index < -0.39 is 0 Å². The van der Waals surface area contributed by atoms with Crippen LogP contribution >= 0.6 is 23.1 Å². The quantitative estimate of drug-likeness (QED) is 0.303. The predicted octanol–water partition coefficient (Wildman–Crippen LogP) is 5.81. The number of thioether (sulfide) groups is 1. The summed E-state index contributed by atoms with van der Waals surface area (Å²) in [7, 11) is 0. The molecule has 0 radical (unpaired) electrons. The molecule has 0 bridgehead atoms. The molecule has 1 amide bonds. The molecular weight excluding hydrogens is 386 g/mol. The van der Waals surface area contributed by atoms with E-state index in [2.05, 4.69) is 60.6 Å². The van der Waals surface area contributed by atoms with Gasteiger partial charge in [-0.1, -0.05) is 86.3 Å². The monoisotopic (exact) mass is 411 g/mol. The summed E-state index contributed by atoms with van der Waals surface area (Å²) in [6, 6.07) is 18.2. The van der Waals surface area contributed by atoms with Gasteiger partial charge in [-0.25, -0.2) is 0 Å². The van der Waals surface area contributed by atoms with Crippen LogP contribution in [-0.2, 0) is 11.8 Å². The molecule has 0 fully saturated rings. The standard InChI is InChI=1S/C22H25N3OS2/c1-22(2,3)18-13-11-17(12-14-18)19(26)23-20-24-25-21(28-20)27-15-7-10-16-8-5-4-6-9-16/h4-6,8-9,11-14H,7,10,15H2,1-3H3,(H,23,24,26). The maximum Gasteiger partial charge on any atom is 0.257 e. The Balaban J connectivity index is 1.48. The van der Waals surface area contributed by atoms with Gasteiger partial charge in [0.05, 0.1) is 0 Å². The molecule has 0 aliphatic rings. The lowest BCUT2D eigenvalue weighted by atomic mass is 9.87. The molecule has 0 atom stereocenters. The van der Waals surface area contributed by atoms with Gasteiger partial charge < -0.3 is 0 Å². The smallest absolute Gasteiger partial charge is 0.257 e. The number of hydrogen-bond donors (Lipinski definition) is 1. The maximum absolute atomic E-state index is 12.4. The highest BCUT2D eigenvalue weighted by atomic mass is 32.2. The minimum atomic E-state index is -0.155. The molecule has 1 heterocycles. The number of hydrogen-bond acceptors (Lipinski definition) is 5. The number of anilines is 1. The van der Waals surface area contributed by atoms with E-state index in [0.29, 0.717) is 10.7 Å². The van der Waals surface area contributed by atoms with Crippen LogP contribution in [-0.4, -0.2) is 21.9 Å². The Bertz CT molecular complexity index is 900. The first-order valence-corrected chi connectivity index (χ1v) is 11.1. The van der Waals surface area contributed by atoms with Crippen molar-refractivity contribution in [1.29, 1.82) is 0 Å². The average Bonchev–Trinajstić information content (AvgIpc) is 3.13. The van der Waals surface area contributed by atoms with Crippen LogP contribution in [0.1, 0.15) is 48.7 Å². The Hall–Kier alpha value is -2.18. The van der Waals surface area contributed by atoms with E-state index in [-0.39, 0.29) is 11.3 Å².